The van der Waals surface area contributed by atoms with E-state index >= 15 is 0 Å². The van der Waals surface area contributed by atoms with E-state index in [0.29, 0.717) is 16.0 Å². The van der Waals surface area contributed by atoms with Gasteiger partial charge in [-0.1, -0.05) is 53.7 Å². The first kappa shape index (κ1) is 14.8. The molecule has 0 fully saturated rings. The van der Waals surface area contributed by atoms with E-state index in [2.05, 4.69) is 15.7 Å². The zero-order valence-electron chi connectivity index (χ0n) is 10.5. The lowest BCUT2D eigenvalue weighted by atomic mass is 10.2. The monoisotopic (exact) mass is 309 g/mol. The molecule has 1 atom stereocenters. The van der Waals surface area contributed by atoms with Gasteiger partial charge >= 0.3 is 0 Å². The summed E-state index contributed by atoms with van der Waals surface area (Å²) in [5.74, 6) is -0.403. The summed E-state index contributed by atoms with van der Waals surface area (Å²) in [5.41, 5.74) is 4.35. The van der Waals surface area contributed by atoms with Gasteiger partial charge in [-0.05, 0) is 0 Å². The van der Waals surface area contributed by atoms with Crippen molar-refractivity contribution in [3.63, 3.8) is 0 Å². The van der Waals surface area contributed by atoms with Gasteiger partial charge in [0.25, 0.3) is 0 Å². The largest absolute Gasteiger partial charge is 0.544 e. The van der Waals surface area contributed by atoms with Crippen molar-refractivity contribution < 1.29 is 15.6 Å². The summed E-state index contributed by atoms with van der Waals surface area (Å²) in [6.07, 6.45) is 0. The number of quaternary nitrogens is 1. The van der Waals surface area contributed by atoms with Crippen molar-refractivity contribution in [2.75, 3.05) is 5.75 Å². The van der Waals surface area contributed by atoms with E-state index in [-0.39, 0.29) is 5.75 Å². The van der Waals surface area contributed by atoms with E-state index in [9.17, 15) is 9.90 Å². The van der Waals surface area contributed by atoms with Crippen LogP contribution in [-0.2, 0) is 4.79 Å². The van der Waals surface area contributed by atoms with Crippen molar-refractivity contribution in [3.8, 4) is 11.4 Å². The van der Waals surface area contributed by atoms with E-state index in [1.54, 1.807) is 6.07 Å². The molecule has 1 heterocycles. The van der Waals surface area contributed by atoms with Gasteiger partial charge in [0.1, 0.15) is 16.2 Å². The normalized spacial score (nSPS) is 12.1. The van der Waals surface area contributed by atoms with E-state index in [0.717, 1.165) is 5.56 Å². The maximum absolute atomic E-state index is 10.6. The molecule has 0 amide bonds. The maximum atomic E-state index is 10.6. The molecule has 0 aliphatic heterocycles. The molecule has 0 saturated heterocycles. The van der Waals surface area contributed by atoms with Gasteiger partial charge in [-0.3, -0.25) is 0 Å². The Morgan fingerprint density at radius 2 is 2.05 bits per heavy atom. The predicted octanol–water partition coefficient (Wildman–Crippen LogP) is 0.249. The van der Waals surface area contributed by atoms with E-state index in [1.165, 1.54) is 11.8 Å². The number of aromatic nitrogens is 2. The highest BCUT2D eigenvalue weighted by molar-refractivity contribution is 7.99. The molecule has 0 spiro atoms. The third-order valence-corrected chi connectivity index (χ3v) is 3.74. The van der Waals surface area contributed by atoms with Gasteiger partial charge in [-0.2, -0.15) is 0 Å². The minimum Gasteiger partial charge on any atom is -0.544 e. The second kappa shape index (κ2) is 6.69. The molecule has 0 aliphatic carbocycles. The molecular weight excluding hydrogens is 298 g/mol. The molecule has 3 N–H and O–H groups in total. The lowest BCUT2D eigenvalue weighted by Gasteiger charge is -2.09. The Bertz CT molecular complexity index is 610. The van der Waals surface area contributed by atoms with Crippen LogP contribution in [0.1, 0.15) is 0 Å². The van der Waals surface area contributed by atoms with Gasteiger partial charge in [0.2, 0.25) is 0 Å². The van der Waals surface area contributed by atoms with Crippen molar-refractivity contribution in [3.05, 3.63) is 41.6 Å². The first-order valence-electron chi connectivity index (χ1n) is 5.83. The van der Waals surface area contributed by atoms with Crippen LogP contribution in [0.3, 0.4) is 0 Å². The van der Waals surface area contributed by atoms with Crippen LogP contribution in [0.15, 0.2) is 41.4 Å². The lowest BCUT2D eigenvalue weighted by Crippen LogP contribution is -2.69. The summed E-state index contributed by atoms with van der Waals surface area (Å²) in [7, 11) is 0. The number of thioether (sulfide) groups is 1. The van der Waals surface area contributed by atoms with Gasteiger partial charge in [-0.25, -0.2) is 9.97 Å². The van der Waals surface area contributed by atoms with Gasteiger partial charge in [-0.15, -0.1) is 0 Å². The van der Waals surface area contributed by atoms with Crippen molar-refractivity contribution in [2.24, 2.45) is 0 Å². The lowest BCUT2D eigenvalue weighted by molar-refractivity contribution is -0.431. The Labute approximate surface area is 125 Å². The van der Waals surface area contributed by atoms with Crippen LogP contribution in [0.4, 0.5) is 0 Å². The van der Waals surface area contributed by atoms with E-state index < -0.39 is 12.0 Å². The number of benzene rings is 1. The van der Waals surface area contributed by atoms with Crippen molar-refractivity contribution in [1.82, 2.24) is 9.97 Å². The molecule has 0 saturated carbocycles. The van der Waals surface area contributed by atoms with Crippen LogP contribution in [0.5, 0.6) is 0 Å². The third-order valence-electron chi connectivity index (χ3n) is 2.47. The van der Waals surface area contributed by atoms with E-state index in [1.807, 2.05) is 30.3 Å². The Morgan fingerprint density at radius 1 is 1.35 bits per heavy atom. The standard InChI is InChI=1S/C13H12ClN3O2S/c14-10-6-11(20-7-9(15)13(18)19)17-12(16-10)8-4-2-1-3-5-8/h1-6,9H,7,15H2,(H,18,19)/t9-/m0/s1. The number of carboxylic acid groups (broad SMARTS) is 1. The van der Waals surface area contributed by atoms with Crippen LogP contribution in [0, 0.1) is 0 Å². The number of carboxylic acids is 1. The summed E-state index contributed by atoms with van der Waals surface area (Å²) in [6, 6.07) is 10.2. The first-order chi connectivity index (χ1) is 9.56. The Balaban J connectivity index is 2.19. The van der Waals surface area contributed by atoms with E-state index in [4.69, 9.17) is 11.6 Å². The van der Waals surface area contributed by atoms with Crippen LogP contribution in [0.2, 0.25) is 5.15 Å². The minimum absolute atomic E-state index is 0.268. The molecular formula is C13H12ClN3O2S. The molecule has 0 aliphatic rings. The fourth-order valence-corrected chi connectivity index (χ4v) is 2.54. The SMILES string of the molecule is [NH3+][C@@H](CSc1cc(Cl)nc(-c2ccccc2)n1)C(=O)[O-]. The fourth-order valence-electron chi connectivity index (χ4n) is 1.44. The molecule has 5 nitrogen and oxygen atoms in total. The number of hydrogen-bond acceptors (Lipinski definition) is 5. The van der Waals surface area contributed by atoms with Gasteiger partial charge in [0.05, 0.1) is 11.7 Å². The van der Waals surface area contributed by atoms with Gasteiger partial charge in [0, 0.05) is 11.6 Å². The number of carbonyl (C=O) groups is 1. The highest BCUT2D eigenvalue weighted by atomic mass is 35.5. The summed E-state index contributed by atoms with van der Waals surface area (Å²) >= 11 is 7.23. The average Bonchev–Trinajstić information content (AvgIpc) is 2.45. The van der Waals surface area contributed by atoms with Crippen molar-refractivity contribution >= 4 is 29.3 Å². The molecule has 104 valence electrons. The molecule has 2 aromatic rings. The molecule has 0 unspecified atom stereocenters. The molecule has 2 rings (SSSR count). The Hall–Kier alpha value is -1.63. The summed E-state index contributed by atoms with van der Waals surface area (Å²) in [4.78, 5) is 19.2. The topological polar surface area (TPSA) is 93.6 Å². The smallest absolute Gasteiger partial charge is 0.162 e. The molecule has 7 heteroatoms. The van der Waals surface area contributed by atoms with Crippen LogP contribution < -0.4 is 10.8 Å². The van der Waals surface area contributed by atoms with Crippen molar-refractivity contribution in [2.45, 2.75) is 11.1 Å². The molecule has 1 aromatic carbocycles. The number of rotatable bonds is 5. The van der Waals surface area contributed by atoms with Crippen molar-refractivity contribution in [1.29, 1.82) is 0 Å². The average molecular weight is 310 g/mol. The summed E-state index contributed by atoms with van der Waals surface area (Å²) < 4.78 is 0. The Kier molecular flexibility index (Phi) is 4.94. The van der Waals surface area contributed by atoms with Crippen LogP contribution in [0.25, 0.3) is 11.4 Å². The summed E-state index contributed by atoms with van der Waals surface area (Å²) in [6.45, 7) is 0. The van der Waals surface area contributed by atoms with Gasteiger partial charge < -0.3 is 15.6 Å². The quantitative estimate of drug-likeness (QED) is 0.631. The van der Waals surface area contributed by atoms with Gasteiger partial charge in [0.15, 0.2) is 5.82 Å². The summed E-state index contributed by atoms with van der Waals surface area (Å²) in [5, 5.41) is 11.6. The highest BCUT2D eigenvalue weighted by Gasteiger charge is 2.11. The number of nitrogens with zero attached hydrogens (tertiary/aromatic N) is 2. The molecule has 0 radical (unpaired) electrons. The number of carbonyl (C=O) groups excluding carboxylic acids is 1. The number of halogens is 1. The molecule has 20 heavy (non-hydrogen) atoms. The first-order valence-corrected chi connectivity index (χ1v) is 7.19. The second-order valence-electron chi connectivity index (χ2n) is 4.05. The fraction of sp³-hybridized carbons (Fsp3) is 0.154. The maximum Gasteiger partial charge on any atom is 0.162 e. The minimum atomic E-state index is -1.18. The third kappa shape index (κ3) is 3.93. The second-order valence-corrected chi connectivity index (χ2v) is 5.47. The van der Waals surface area contributed by atoms with Crippen LogP contribution >= 0.6 is 23.4 Å². The number of aliphatic carboxylic acids is 1. The van der Waals surface area contributed by atoms with Crippen LogP contribution in [-0.4, -0.2) is 27.7 Å². The number of hydrogen-bond donors (Lipinski definition) is 1. The highest BCUT2D eigenvalue weighted by Crippen LogP contribution is 2.23. The zero-order valence-corrected chi connectivity index (χ0v) is 12.0. The predicted molar refractivity (Wildman–Crippen MR) is 74.9 cm³/mol. The Morgan fingerprint density at radius 3 is 2.70 bits per heavy atom. The zero-order chi connectivity index (χ0) is 14.5. The molecule has 1 aromatic heterocycles. The molecule has 0 bridgehead atoms.